The molecular weight excluding hydrogens is 244 g/mol. The summed E-state index contributed by atoms with van der Waals surface area (Å²) in [5, 5.41) is 0. The lowest BCUT2D eigenvalue weighted by Gasteiger charge is -1.89. The Morgan fingerprint density at radius 2 is 0.882 bits per heavy atom. The highest BCUT2D eigenvalue weighted by Gasteiger charge is 1.81. The van der Waals surface area contributed by atoms with E-state index in [1.807, 2.05) is 36.4 Å². The predicted octanol–water partition coefficient (Wildman–Crippen LogP) is 4.87. The van der Waals surface area contributed by atoms with Crippen molar-refractivity contribution in [1.82, 2.24) is 0 Å². The molecular formula is C15H20S2. The number of benzene rings is 2. The predicted molar refractivity (Wildman–Crippen MR) is 85.0 cm³/mol. The Balaban J connectivity index is 0.000000284. The van der Waals surface area contributed by atoms with Crippen LogP contribution in [0.1, 0.15) is 18.6 Å². The van der Waals surface area contributed by atoms with Crippen LogP contribution in [-0.2, 0) is 11.5 Å². The molecule has 0 heterocycles. The third-order valence-electron chi connectivity index (χ3n) is 2.05. The van der Waals surface area contributed by atoms with Crippen molar-refractivity contribution in [2.75, 3.05) is 0 Å². The molecule has 2 rings (SSSR count). The Morgan fingerprint density at radius 3 is 1.06 bits per heavy atom. The first-order chi connectivity index (χ1) is 7.86. The van der Waals surface area contributed by atoms with Crippen molar-refractivity contribution in [3.63, 3.8) is 0 Å². The van der Waals surface area contributed by atoms with Crippen LogP contribution >= 0.6 is 25.3 Å². The van der Waals surface area contributed by atoms with Gasteiger partial charge in [-0.3, -0.25) is 0 Å². The quantitative estimate of drug-likeness (QED) is 0.710. The van der Waals surface area contributed by atoms with Gasteiger partial charge >= 0.3 is 0 Å². The van der Waals surface area contributed by atoms with Crippen LogP contribution < -0.4 is 0 Å². The van der Waals surface area contributed by atoms with Crippen molar-refractivity contribution in [2.45, 2.75) is 18.9 Å². The Hall–Kier alpha value is -0.860. The molecule has 0 saturated heterocycles. The topological polar surface area (TPSA) is 0 Å². The first-order valence-electron chi connectivity index (χ1n) is 5.16. The van der Waals surface area contributed by atoms with Gasteiger partial charge in [0, 0.05) is 11.5 Å². The average molecular weight is 264 g/mol. The molecule has 0 bridgehead atoms. The molecule has 0 fully saturated rings. The first-order valence-corrected chi connectivity index (χ1v) is 6.43. The van der Waals surface area contributed by atoms with Gasteiger partial charge in [-0.1, -0.05) is 68.1 Å². The van der Waals surface area contributed by atoms with Gasteiger partial charge in [0.25, 0.3) is 0 Å². The zero-order valence-corrected chi connectivity index (χ0v) is 10.9. The molecule has 0 N–H and O–H groups in total. The second-order valence-electron chi connectivity index (χ2n) is 3.29. The smallest absolute Gasteiger partial charge is 0.0154 e. The van der Waals surface area contributed by atoms with E-state index in [0.29, 0.717) is 0 Å². The van der Waals surface area contributed by atoms with E-state index < -0.39 is 0 Å². The minimum atomic E-state index is 0. The summed E-state index contributed by atoms with van der Waals surface area (Å²) in [6, 6.07) is 20.3. The van der Waals surface area contributed by atoms with Crippen molar-refractivity contribution in [1.29, 1.82) is 0 Å². The normalized spacial score (nSPS) is 8.59. The molecule has 92 valence electrons. The van der Waals surface area contributed by atoms with Gasteiger partial charge in [-0.25, -0.2) is 0 Å². The number of hydrogen-bond donors (Lipinski definition) is 2. The summed E-state index contributed by atoms with van der Waals surface area (Å²) >= 11 is 8.22. The lowest BCUT2D eigenvalue weighted by Crippen LogP contribution is -1.71. The number of hydrogen-bond acceptors (Lipinski definition) is 2. The molecule has 0 radical (unpaired) electrons. The monoisotopic (exact) mass is 264 g/mol. The summed E-state index contributed by atoms with van der Waals surface area (Å²) in [5.74, 6) is 1.67. The summed E-state index contributed by atoms with van der Waals surface area (Å²) in [7, 11) is 0. The van der Waals surface area contributed by atoms with E-state index in [9.17, 15) is 0 Å². The first kappa shape index (κ1) is 16.1. The highest BCUT2D eigenvalue weighted by atomic mass is 32.1. The van der Waals surface area contributed by atoms with Crippen LogP contribution in [0.4, 0.5) is 0 Å². The van der Waals surface area contributed by atoms with Gasteiger partial charge in [0.2, 0.25) is 0 Å². The molecule has 0 aliphatic carbocycles. The molecule has 0 aliphatic heterocycles. The maximum absolute atomic E-state index is 4.11. The second kappa shape index (κ2) is 10.3. The van der Waals surface area contributed by atoms with Gasteiger partial charge in [-0.2, -0.15) is 25.3 Å². The van der Waals surface area contributed by atoms with E-state index in [4.69, 9.17) is 0 Å². The van der Waals surface area contributed by atoms with Gasteiger partial charge in [-0.05, 0) is 11.1 Å². The summed E-state index contributed by atoms with van der Waals surface area (Å²) in [6.45, 7) is 0. The molecule has 0 spiro atoms. The van der Waals surface area contributed by atoms with E-state index in [1.54, 1.807) is 0 Å². The minimum absolute atomic E-state index is 0. The fraction of sp³-hybridized carbons (Fsp3) is 0.200. The van der Waals surface area contributed by atoms with Crippen molar-refractivity contribution in [3.05, 3.63) is 71.8 Å². The van der Waals surface area contributed by atoms with Crippen LogP contribution in [0.3, 0.4) is 0 Å². The molecule has 2 aromatic carbocycles. The van der Waals surface area contributed by atoms with Crippen molar-refractivity contribution in [3.8, 4) is 0 Å². The number of thiol groups is 2. The Bertz CT molecular complexity index is 331. The molecule has 0 saturated carbocycles. The minimum Gasteiger partial charge on any atom is -0.175 e. The van der Waals surface area contributed by atoms with Crippen molar-refractivity contribution < 1.29 is 0 Å². The Morgan fingerprint density at radius 1 is 0.588 bits per heavy atom. The summed E-state index contributed by atoms with van der Waals surface area (Å²) in [4.78, 5) is 0. The summed E-state index contributed by atoms with van der Waals surface area (Å²) < 4.78 is 0. The van der Waals surface area contributed by atoms with Gasteiger partial charge in [0.1, 0.15) is 0 Å². The van der Waals surface area contributed by atoms with Crippen LogP contribution in [0.2, 0.25) is 0 Å². The van der Waals surface area contributed by atoms with Gasteiger partial charge in [0.05, 0.1) is 0 Å². The molecule has 0 aromatic heterocycles. The number of rotatable bonds is 2. The molecule has 0 aliphatic rings. The van der Waals surface area contributed by atoms with Crippen LogP contribution in [0.25, 0.3) is 0 Å². The lowest BCUT2D eigenvalue weighted by molar-refractivity contribution is 1.43. The van der Waals surface area contributed by atoms with E-state index in [2.05, 4.69) is 49.5 Å². The highest BCUT2D eigenvalue weighted by molar-refractivity contribution is 7.79. The zero-order chi connectivity index (χ0) is 11.6. The fourth-order valence-electron chi connectivity index (χ4n) is 1.17. The van der Waals surface area contributed by atoms with Crippen LogP contribution in [-0.4, -0.2) is 0 Å². The fourth-order valence-corrected chi connectivity index (χ4v) is 1.59. The van der Waals surface area contributed by atoms with E-state index in [0.717, 1.165) is 11.5 Å². The summed E-state index contributed by atoms with van der Waals surface area (Å²) in [6.07, 6.45) is 0. The standard InChI is InChI=1S/2C7H8S.CH4/c2*8-6-7-4-2-1-3-5-7;/h2*1-5,8H,6H2;1H4. The lowest BCUT2D eigenvalue weighted by atomic mass is 10.2. The second-order valence-corrected chi connectivity index (χ2v) is 3.92. The van der Waals surface area contributed by atoms with Crippen LogP contribution in [0, 0.1) is 0 Å². The SMILES string of the molecule is C.SCc1ccccc1.SCc1ccccc1. The third kappa shape index (κ3) is 7.14. The van der Waals surface area contributed by atoms with Gasteiger partial charge in [0.15, 0.2) is 0 Å². The zero-order valence-electron chi connectivity index (χ0n) is 9.08. The molecule has 2 heteroatoms. The van der Waals surface area contributed by atoms with Crippen molar-refractivity contribution in [2.24, 2.45) is 0 Å². The van der Waals surface area contributed by atoms with Crippen LogP contribution in [0.5, 0.6) is 0 Å². The Labute approximate surface area is 116 Å². The molecule has 0 atom stereocenters. The van der Waals surface area contributed by atoms with Crippen molar-refractivity contribution >= 4 is 25.3 Å². The van der Waals surface area contributed by atoms with Crippen LogP contribution in [0.15, 0.2) is 60.7 Å². The highest BCUT2D eigenvalue weighted by Crippen LogP contribution is 2.00. The summed E-state index contributed by atoms with van der Waals surface area (Å²) in [5.41, 5.74) is 2.55. The largest absolute Gasteiger partial charge is 0.175 e. The third-order valence-corrected chi connectivity index (χ3v) is 2.78. The molecule has 17 heavy (non-hydrogen) atoms. The molecule has 2 aromatic rings. The van der Waals surface area contributed by atoms with E-state index >= 15 is 0 Å². The van der Waals surface area contributed by atoms with E-state index in [-0.39, 0.29) is 7.43 Å². The van der Waals surface area contributed by atoms with Gasteiger partial charge in [-0.15, -0.1) is 0 Å². The maximum atomic E-state index is 4.11. The molecule has 0 unspecified atom stereocenters. The maximum Gasteiger partial charge on any atom is 0.0154 e. The molecule has 0 amide bonds. The average Bonchev–Trinajstić information content (AvgIpc) is 2.41. The van der Waals surface area contributed by atoms with Gasteiger partial charge < -0.3 is 0 Å². The molecule has 0 nitrogen and oxygen atoms in total. The van der Waals surface area contributed by atoms with E-state index in [1.165, 1.54) is 11.1 Å². The Kier molecular flexibility index (Phi) is 9.78.